The van der Waals surface area contributed by atoms with Crippen LogP contribution in [-0.2, 0) is 6.54 Å². The molecule has 1 aliphatic rings. The maximum atomic E-state index is 13.4. The van der Waals surface area contributed by atoms with Gasteiger partial charge in [-0.15, -0.1) is 0 Å². The molecule has 0 amide bonds. The van der Waals surface area contributed by atoms with Crippen LogP contribution in [0.1, 0.15) is 12.0 Å². The Balaban J connectivity index is 1.97. The van der Waals surface area contributed by atoms with Gasteiger partial charge in [0, 0.05) is 24.6 Å². The zero-order valence-electron chi connectivity index (χ0n) is 10.2. The summed E-state index contributed by atoms with van der Waals surface area (Å²) in [6, 6.07) is 4.85. The van der Waals surface area contributed by atoms with Crippen molar-refractivity contribution in [1.82, 2.24) is 4.90 Å². The van der Waals surface area contributed by atoms with Crippen molar-refractivity contribution in [3.05, 3.63) is 29.6 Å². The van der Waals surface area contributed by atoms with Crippen LogP contribution < -0.4 is 10.5 Å². The maximum absolute atomic E-state index is 13.4. The Kier molecular flexibility index (Phi) is 3.97. The van der Waals surface area contributed by atoms with Gasteiger partial charge in [0.05, 0.1) is 6.61 Å². The fourth-order valence-corrected chi connectivity index (χ4v) is 2.24. The lowest BCUT2D eigenvalue weighted by Crippen LogP contribution is -2.18. The van der Waals surface area contributed by atoms with E-state index in [1.54, 1.807) is 12.1 Å². The molecule has 2 N–H and O–H groups in total. The van der Waals surface area contributed by atoms with Crippen LogP contribution in [-0.4, -0.2) is 31.6 Å². The van der Waals surface area contributed by atoms with E-state index in [2.05, 4.69) is 11.9 Å². The van der Waals surface area contributed by atoms with Crippen LogP contribution in [0.3, 0.4) is 0 Å². The molecule has 0 bridgehead atoms. The van der Waals surface area contributed by atoms with E-state index < -0.39 is 0 Å². The van der Waals surface area contributed by atoms with E-state index in [0.717, 1.165) is 19.5 Å². The van der Waals surface area contributed by atoms with Crippen LogP contribution in [0.2, 0.25) is 0 Å². The number of nitrogens with zero attached hydrogens (tertiary/aromatic N) is 1. The van der Waals surface area contributed by atoms with E-state index in [9.17, 15) is 4.39 Å². The summed E-state index contributed by atoms with van der Waals surface area (Å²) in [6.07, 6.45) is 1.14. The van der Waals surface area contributed by atoms with Gasteiger partial charge in [-0.1, -0.05) is 6.07 Å². The minimum absolute atomic E-state index is 0.173. The van der Waals surface area contributed by atoms with Crippen LogP contribution in [0.5, 0.6) is 5.75 Å². The second-order valence-electron chi connectivity index (χ2n) is 4.65. The number of ether oxygens (including phenoxy) is 1. The quantitative estimate of drug-likeness (QED) is 0.866. The summed E-state index contributed by atoms with van der Waals surface area (Å²) in [6.45, 7) is 2.97. The van der Waals surface area contributed by atoms with E-state index in [0.29, 0.717) is 23.8 Å². The largest absolute Gasteiger partial charge is 0.493 e. The van der Waals surface area contributed by atoms with Crippen molar-refractivity contribution >= 4 is 0 Å². The van der Waals surface area contributed by atoms with Crippen LogP contribution >= 0.6 is 0 Å². The summed E-state index contributed by atoms with van der Waals surface area (Å²) >= 11 is 0. The Labute approximate surface area is 101 Å². The smallest absolute Gasteiger partial charge is 0.131 e. The minimum Gasteiger partial charge on any atom is -0.493 e. The maximum Gasteiger partial charge on any atom is 0.131 e. The average Bonchev–Trinajstić information content (AvgIpc) is 2.72. The topological polar surface area (TPSA) is 38.5 Å². The molecule has 1 fully saturated rings. The standard InChI is InChI=1S/C13H19FN2O/c1-16-6-5-10(8-16)9-17-13-4-2-3-12(14)11(13)7-15/h2-4,10H,5-9,15H2,1H3. The van der Waals surface area contributed by atoms with Crippen molar-refractivity contribution in [3.63, 3.8) is 0 Å². The van der Waals surface area contributed by atoms with E-state index >= 15 is 0 Å². The molecule has 3 nitrogen and oxygen atoms in total. The Hall–Kier alpha value is -1.13. The first-order valence-corrected chi connectivity index (χ1v) is 5.99. The average molecular weight is 238 g/mol. The molecule has 0 saturated carbocycles. The van der Waals surface area contributed by atoms with E-state index in [4.69, 9.17) is 10.5 Å². The van der Waals surface area contributed by atoms with Crippen molar-refractivity contribution in [2.24, 2.45) is 11.7 Å². The van der Waals surface area contributed by atoms with Crippen LogP contribution in [0.25, 0.3) is 0 Å². The fourth-order valence-electron chi connectivity index (χ4n) is 2.24. The SMILES string of the molecule is CN1CCC(COc2cccc(F)c2CN)C1. The summed E-state index contributed by atoms with van der Waals surface area (Å²) in [7, 11) is 2.10. The third kappa shape index (κ3) is 2.96. The summed E-state index contributed by atoms with van der Waals surface area (Å²) < 4.78 is 19.1. The summed E-state index contributed by atoms with van der Waals surface area (Å²) in [5, 5.41) is 0. The molecule has 1 saturated heterocycles. The highest BCUT2D eigenvalue weighted by Gasteiger charge is 2.20. The molecule has 0 spiro atoms. The number of hydrogen-bond donors (Lipinski definition) is 1. The van der Waals surface area contributed by atoms with Gasteiger partial charge in [-0.25, -0.2) is 4.39 Å². The molecule has 1 heterocycles. The highest BCUT2D eigenvalue weighted by molar-refractivity contribution is 5.34. The van der Waals surface area contributed by atoms with Gasteiger partial charge in [0.15, 0.2) is 0 Å². The number of halogens is 1. The number of nitrogens with two attached hydrogens (primary N) is 1. The normalized spacial score (nSPS) is 20.8. The number of likely N-dealkylation sites (tertiary alicyclic amines) is 1. The Bertz CT molecular complexity index is 384. The van der Waals surface area contributed by atoms with E-state index in [1.807, 2.05) is 0 Å². The number of benzene rings is 1. The highest BCUT2D eigenvalue weighted by Crippen LogP contribution is 2.23. The van der Waals surface area contributed by atoms with Gasteiger partial charge in [0.25, 0.3) is 0 Å². The monoisotopic (exact) mass is 238 g/mol. The van der Waals surface area contributed by atoms with Gasteiger partial charge in [0.1, 0.15) is 11.6 Å². The summed E-state index contributed by atoms with van der Waals surface area (Å²) in [4.78, 5) is 2.28. The van der Waals surface area contributed by atoms with Gasteiger partial charge >= 0.3 is 0 Å². The summed E-state index contributed by atoms with van der Waals surface area (Å²) in [5.41, 5.74) is 6.00. The van der Waals surface area contributed by atoms with Crippen molar-refractivity contribution in [3.8, 4) is 5.75 Å². The second kappa shape index (κ2) is 5.47. The zero-order valence-corrected chi connectivity index (χ0v) is 10.2. The van der Waals surface area contributed by atoms with Crippen LogP contribution in [0, 0.1) is 11.7 Å². The first-order chi connectivity index (χ1) is 8.20. The minimum atomic E-state index is -0.284. The second-order valence-corrected chi connectivity index (χ2v) is 4.65. The van der Waals surface area contributed by atoms with Crippen molar-refractivity contribution in [1.29, 1.82) is 0 Å². The van der Waals surface area contributed by atoms with Gasteiger partial charge in [0.2, 0.25) is 0 Å². The molecule has 94 valence electrons. The third-order valence-electron chi connectivity index (χ3n) is 3.24. The lowest BCUT2D eigenvalue weighted by atomic mass is 10.1. The van der Waals surface area contributed by atoms with E-state index in [1.165, 1.54) is 6.07 Å². The molecule has 2 rings (SSSR count). The van der Waals surface area contributed by atoms with Crippen molar-refractivity contribution < 1.29 is 9.13 Å². The van der Waals surface area contributed by atoms with Gasteiger partial charge < -0.3 is 15.4 Å². The van der Waals surface area contributed by atoms with E-state index in [-0.39, 0.29) is 12.4 Å². The summed E-state index contributed by atoms with van der Waals surface area (Å²) in [5.74, 6) is 0.837. The van der Waals surface area contributed by atoms with Gasteiger partial charge in [-0.3, -0.25) is 0 Å². The lowest BCUT2D eigenvalue weighted by Gasteiger charge is -2.14. The Morgan fingerprint density at radius 1 is 1.53 bits per heavy atom. The zero-order chi connectivity index (χ0) is 12.3. The Morgan fingerprint density at radius 3 is 3.00 bits per heavy atom. The molecule has 0 aliphatic carbocycles. The van der Waals surface area contributed by atoms with Crippen molar-refractivity contribution in [2.45, 2.75) is 13.0 Å². The van der Waals surface area contributed by atoms with Gasteiger partial charge in [-0.2, -0.15) is 0 Å². The number of hydrogen-bond acceptors (Lipinski definition) is 3. The molecule has 0 aromatic heterocycles. The van der Waals surface area contributed by atoms with Gasteiger partial charge in [-0.05, 0) is 32.1 Å². The molecular formula is C13H19FN2O. The molecule has 1 aromatic rings. The van der Waals surface area contributed by atoms with Crippen LogP contribution in [0.4, 0.5) is 4.39 Å². The predicted octanol–water partition coefficient (Wildman–Crippen LogP) is 1.61. The molecule has 1 aromatic carbocycles. The Morgan fingerprint density at radius 2 is 2.35 bits per heavy atom. The molecule has 0 radical (unpaired) electrons. The lowest BCUT2D eigenvalue weighted by molar-refractivity contribution is 0.246. The molecular weight excluding hydrogens is 219 g/mol. The molecule has 1 unspecified atom stereocenters. The fraction of sp³-hybridized carbons (Fsp3) is 0.538. The van der Waals surface area contributed by atoms with Crippen molar-refractivity contribution in [2.75, 3.05) is 26.7 Å². The molecule has 1 atom stereocenters. The molecule has 1 aliphatic heterocycles. The first kappa shape index (κ1) is 12.3. The number of rotatable bonds is 4. The van der Waals surface area contributed by atoms with Crippen LogP contribution in [0.15, 0.2) is 18.2 Å². The first-order valence-electron chi connectivity index (χ1n) is 5.99. The molecule has 17 heavy (non-hydrogen) atoms. The highest BCUT2D eigenvalue weighted by atomic mass is 19.1. The molecule has 4 heteroatoms. The predicted molar refractivity (Wildman–Crippen MR) is 65.4 cm³/mol. The third-order valence-corrected chi connectivity index (χ3v) is 3.24.